The van der Waals surface area contributed by atoms with Crippen LogP contribution in [-0.2, 0) is 6.54 Å². The van der Waals surface area contributed by atoms with Crippen LogP contribution in [0.1, 0.15) is 23.8 Å². The molecule has 2 amide bonds. The summed E-state index contributed by atoms with van der Waals surface area (Å²) in [4.78, 5) is 19.7. The molecule has 0 bridgehead atoms. The number of nitrogens with one attached hydrogen (secondary N) is 1. The van der Waals surface area contributed by atoms with Crippen molar-refractivity contribution in [3.63, 3.8) is 0 Å². The van der Waals surface area contributed by atoms with Crippen LogP contribution in [0.15, 0.2) is 12.1 Å². The lowest BCUT2D eigenvalue weighted by Gasteiger charge is -2.10. The molecule has 1 unspecified atom stereocenters. The molecule has 1 atom stereocenters. The van der Waals surface area contributed by atoms with Gasteiger partial charge in [0.1, 0.15) is 11.3 Å². The zero-order chi connectivity index (χ0) is 14.0. The Labute approximate surface area is 116 Å². The number of carbonyl (C=O) groups excluding carboxylic acids is 1. The third kappa shape index (κ3) is 2.96. The van der Waals surface area contributed by atoms with Crippen LogP contribution in [0, 0.1) is 6.92 Å². The van der Waals surface area contributed by atoms with Gasteiger partial charge in [-0.3, -0.25) is 0 Å². The number of pyridine rings is 1. The quantitative estimate of drug-likeness (QED) is 0.837. The van der Waals surface area contributed by atoms with Crippen LogP contribution >= 0.6 is 11.6 Å². The molecule has 2 aromatic rings. The van der Waals surface area contributed by atoms with Crippen molar-refractivity contribution in [2.45, 2.75) is 25.8 Å². The van der Waals surface area contributed by atoms with E-state index in [1.807, 2.05) is 30.5 Å². The summed E-state index contributed by atoms with van der Waals surface area (Å²) in [6.07, 6.45) is 0. The van der Waals surface area contributed by atoms with Gasteiger partial charge < -0.3 is 15.6 Å². The standard InChI is InChI=1S/C12H16ClN5O/c1-7-3-4-9-11(16-7)18(6-5-15-12(14)19)10(17-9)8(2)13/h3-4,8H,5-6H2,1-2H3,(H3,14,15,19). The van der Waals surface area contributed by atoms with Crippen molar-refractivity contribution in [1.82, 2.24) is 19.9 Å². The Morgan fingerprint density at radius 1 is 1.53 bits per heavy atom. The van der Waals surface area contributed by atoms with E-state index in [0.29, 0.717) is 13.1 Å². The van der Waals surface area contributed by atoms with E-state index >= 15 is 0 Å². The number of rotatable bonds is 4. The number of alkyl halides is 1. The highest BCUT2D eigenvalue weighted by molar-refractivity contribution is 6.20. The van der Waals surface area contributed by atoms with Crippen LogP contribution in [0.2, 0.25) is 0 Å². The van der Waals surface area contributed by atoms with Gasteiger partial charge in [0.05, 0.1) is 5.38 Å². The number of nitrogens with two attached hydrogens (primary N) is 1. The third-order valence-corrected chi connectivity index (χ3v) is 2.95. The number of urea groups is 1. The van der Waals surface area contributed by atoms with Gasteiger partial charge in [-0.15, -0.1) is 11.6 Å². The van der Waals surface area contributed by atoms with E-state index in [2.05, 4.69) is 15.3 Å². The summed E-state index contributed by atoms with van der Waals surface area (Å²) in [5.74, 6) is 0.737. The van der Waals surface area contributed by atoms with E-state index < -0.39 is 6.03 Å². The minimum Gasteiger partial charge on any atom is -0.352 e. The Morgan fingerprint density at radius 3 is 2.89 bits per heavy atom. The lowest BCUT2D eigenvalue weighted by Crippen LogP contribution is -2.32. The zero-order valence-corrected chi connectivity index (χ0v) is 11.6. The number of halogens is 1. The molecule has 7 heteroatoms. The SMILES string of the molecule is Cc1ccc2nc(C(C)Cl)n(CCNC(N)=O)c2n1. The summed E-state index contributed by atoms with van der Waals surface area (Å²) in [5.41, 5.74) is 7.53. The van der Waals surface area contributed by atoms with E-state index in [9.17, 15) is 4.79 Å². The Hall–Kier alpha value is -1.82. The zero-order valence-electron chi connectivity index (χ0n) is 10.9. The van der Waals surface area contributed by atoms with Gasteiger partial charge in [-0.2, -0.15) is 0 Å². The third-order valence-electron chi connectivity index (χ3n) is 2.75. The molecule has 0 aromatic carbocycles. The first-order valence-electron chi connectivity index (χ1n) is 6.00. The van der Waals surface area contributed by atoms with E-state index in [1.54, 1.807) is 0 Å². The van der Waals surface area contributed by atoms with Crippen molar-refractivity contribution in [2.24, 2.45) is 5.73 Å². The highest BCUT2D eigenvalue weighted by Crippen LogP contribution is 2.23. The summed E-state index contributed by atoms with van der Waals surface area (Å²) in [7, 11) is 0. The molecule has 2 aromatic heterocycles. The minimum absolute atomic E-state index is 0.233. The van der Waals surface area contributed by atoms with Crippen LogP contribution in [-0.4, -0.2) is 27.1 Å². The molecular formula is C12H16ClN5O. The predicted octanol–water partition coefficient (Wildman–Crippen LogP) is 1.71. The molecule has 0 aliphatic rings. The number of amides is 2. The van der Waals surface area contributed by atoms with Gasteiger partial charge in [-0.25, -0.2) is 14.8 Å². The van der Waals surface area contributed by atoms with Gasteiger partial charge in [0.2, 0.25) is 0 Å². The van der Waals surface area contributed by atoms with Crippen molar-refractivity contribution in [2.75, 3.05) is 6.54 Å². The van der Waals surface area contributed by atoms with Gasteiger partial charge >= 0.3 is 6.03 Å². The molecule has 0 aliphatic heterocycles. The van der Waals surface area contributed by atoms with Gasteiger partial charge in [-0.1, -0.05) is 0 Å². The molecule has 3 N–H and O–H groups in total. The fourth-order valence-electron chi connectivity index (χ4n) is 1.93. The molecule has 0 saturated heterocycles. The maximum atomic E-state index is 10.7. The fraction of sp³-hybridized carbons (Fsp3) is 0.417. The highest BCUT2D eigenvalue weighted by Gasteiger charge is 2.15. The first kappa shape index (κ1) is 13.6. The lowest BCUT2D eigenvalue weighted by molar-refractivity contribution is 0.248. The second-order valence-corrected chi connectivity index (χ2v) is 4.98. The van der Waals surface area contributed by atoms with E-state index in [4.69, 9.17) is 17.3 Å². The molecule has 102 valence electrons. The normalized spacial score (nSPS) is 12.6. The summed E-state index contributed by atoms with van der Waals surface area (Å²) in [6, 6.07) is 3.27. The molecule has 0 fully saturated rings. The van der Waals surface area contributed by atoms with Crippen LogP contribution in [0.4, 0.5) is 4.79 Å². The minimum atomic E-state index is -0.547. The van der Waals surface area contributed by atoms with Crippen molar-refractivity contribution < 1.29 is 4.79 Å². The smallest absolute Gasteiger partial charge is 0.312 e. The summed E-state index contributed by atoms with van der Waals surface area (Å²) < 4.78 is 1.91. The number of hydrogen-bond donors (Lipinski definition) is 2. The van der Waals surface area contributed by atoms with Crippen molar-refractivity contribution in [3.8, 4) is 0 Å². The topological polar surface area (TPSA) is 85.8 Å². The number of hydrogen-bond acceptors (Lipinski definition) is 3. The molecule has 0 spiro atoms. The second-order valence-electron chi connectivity index (χ2n) is 4.32. The van der Waals surface area contributed by atoms with Crippen molar-refractivity contribution in [3.05, 3.63) is 23.7 Å². The predicted molar refractivity (Wildman–Crippen MR) is 74.1 cm³/mol. The fourth-order valence-corrected chi connectivity index (χ4v) is 2.10. The second kappa shape index (κ2) is 5.44. The van der Waals surface area contributed by atoms with Gasteiger partial charge in [-0.05, 0) is 26.0 Å². The summed E-state index contributed by atoms with van der Waals surface area (Å²) in [6.45, 7) is 4.71. The molecule has 2 heterocycles. The van der Waals surface area contributed by atoms with Gasteiger partial charge in [0.25, 0.3) is 0 Å². The van der Waals surface area contributed by atoms with E-state index in [0.717, 1.165) is 22.7 Å². The van der Waals surface area contributed by atoms with Crippen molar-refractivity contribution >= 4 is 28.8 Å². The number of nitrogens with zero attached hydrogens (tertiary/aromatic N) is 3. The van der Waals surface area contributed by atoms with E-state index in [-0.39, 0.29) is 5.38 Å². The monoisotopic (exact) mass is 281 g/mol. The molecule has 0 radical (unpaired) electrons. The lowest BCUT2D eigenvalue weighted by atomic mass is 10.3. The Bertz CT molecular complexity index is 607. The average molecular weight is 282 g/mol. The first-order chi connectivity index (χ1) is 8.99. The van der Waals surface area contributed by atoms with Crippen LogP contribution in [0.5, 0.6) is 0 Å². The first-order valence-corrected chi connectivity index (χ1v) is 6.44. The Morgan fingerprint density at radius 2 is 2.26 bits per heavy atom. The number of aryl methyl sites for hydroxylation is 1. The average Bonchev–Trinajstić information content (AvgIpc) is 2.67. The molecule has 19 heavy (non-hydrogen) atoms. The molecular weight excluding hydrogens is 266 g/mol. The van der Waals surface area contributed by atoms with Crippen LogP contribution in [0.25, 0.3) is 11.2 Å². The van der Waals surface area contributed by atoms with Gasteiger partial charge in [0.15, 0.2) is 5.65 Å². The molecule has 6 nitrogen and oxygen atoms in total. The maximum Gasteiger partial charge on any atom is 0.312 e. The number of primary amides is 1. The van der Waals surface area contributed by atoms with Crippen molar-refractivity contribution in [1.29, 1.82) is 0 Å². The number of aromatic nitrogens is 3. The van der Waals surface area contributed by atoms with Crippen LogP contribution < -0.4 is 11.1 Å². The number of fused-ring (bicyclic) bond motifs is 1. The summed E-state index contributed by atoms with van der Waals surface area (Å²) in [5, 5.41) is 2.32. The number of imidazole rings is 1. The Balaban J connectivity index is 2.39. The van der Waals surface area contributed by atoms with Crippen LogP contribution in [0.3, 0.4) is 0 Å². The highest BCUT2D eigenvalue weighted by atomic mass is 35.5. The molecule has 0 saturated carbocycles. The Kier molecular flexibility index (Phi) is 3.90. The molecule has 2 rings (SSSR count). The number of carbonyl (C=O) groups is 1. The van der Waals surface area contributed by atoms with E-state index in [1.165, 1.54) is 0 Å². The van der Waals surface area contributed by atoms with Gasteiger partial charge in [0, 0.05) is 18.8 Å². The maximum absolute atomic E-state index is 10.7. The summed E-state index contributed by atoms with van der Waals surface area (Å²) >= 11 is 6.14. The largest absolute Gasteiger partial charge is 0.352 e. The molecule has 0 aliphatic carbocycles.